The lowest BCUT2D eigenvalue weighted by Gasteiger charge is -2.29. The van der Waals surface area contributed by atoms with Gasteiger partial charge in [-0.25, -0.2) is 14.4 Å². The van der Waals surface area contributed by atoms with Crippen molar-refractivity contribution in [1.82, 2.24) is 19.8 Å². The number of pyridine rings is 2. The third-order valence-electron chi connectivity index (χ3n) is 5.09. The van der Waals surface area contributed by atoms with E-state index < -0.39 is 36.4 Å². The van der Waals surface area contributed by atoms with E-state index in [4.69, 9.17) is 34.4 Å². The molecule has 3 rings (SSSR count). The van der Waals surface area contributed by atoms with Crippen molar-refractivity contribution in [1.29, 1.82) is 0 Å². The van der Waals surface area contributed by atoms with E-state index in [1.807, 2.05) is 30.7 Å². The first-order chi connectivity index (χ1) is 20.6. The van der Waals surface area contributed by atoms with Gasteiger partial charge in [0.05, 0.1) is 18.9 Å². The van der Waals surface area contributed by atoms with Crippen LogP contribution in [0.15, 0.2) is 36.8 Å². The third kappa shape index (κ3) is 18.4. The quantitative estimate of drug-likeness (QED) is 0.290. The number of likely N-dealkylation sites (N-methyl/N-ethyl adjacent to an activating group) is 1. The Morgan fingerprint density at radius 3 is 1.82 bits per heavy atom. The molecule has 0 aromatic carbocycles. The Bertz CT molecular complexity index is 1150. The molecule has 3 N–H and O–H groups in total. The van der Waals surface area contributed by atoms with Crippen molar-refractivity contribution in [2.24, 2.45) is 0 Å². The Labute approximate surface area is 249 Å². The number of nitrogens with zero attached hydrogens (tertiary/aromatic N) is 4. The van der Waals surface area contributed by atoms with Gasteiger partial charge in [0.15, 0.2) is 0 Å². The van der Waals surface area contributed by atoms with Crippen molar-refractivity contribution in [3.63, 3.8) is 0 Å². The summed E-state index contributed by atoms with van der Waals surface area (Å²) in [5.41, 5.74) is 5.11. The van der Waals surface area contributed by atoms with Crippen LogP contribution in [-0.2, 0) is 45.2 Å². The van der Waals surface area contributed by atoms with Crippen molar-refractivity contribution in [2.75, 3.05) is 33.8 Å². The predicted molar refractivity (Wildman–Crippen MR) is 136 cm³/mol. The molecule has 2 aromatic heterocycles. The molecule has 1 aliphatic heterocycles. The standard InChI is InChI=1S/C19H26N4O.3C2HF3O2/c1-22(2)9-10-24-15-17-12-20-11-16-13-23(8-6-19(16)17)14-18-5-3-4-7-21-18;3*3-2(4,5)1(6)7/h3-5,7,11-12H,6,8-10,13-15H2,1-2H3;3*(H,6,7). The van der Waals surface area contributed by atoms with Crippen LogP contribution in [0.2, 0.25) is 0 Å². The maximum Gasteiger partial charge on any atom is 0.490 e. The van der Waals surface area contributed by atoms with Gasteiger partial charge < -0.3 is 25.0 Å². The Morgan fingerprint density at radius 2 is 1.40 bits per heavy atom. The average molecular weight is 669 g/mol. The number of hydrogen-bond acceptors (Lipinski definition) is 8. The fraction of sp³-hybridized carbons (Fsp3) is 0.480. The predicted octanol–water partition coefficient (Wildman–Crippen LogP) is 4.01. The molecule has 0 saturated heterocycles. The maximum atomic E-state index is 10.6. The lowest BCUT2D eigenvalue weighted by atomic mass is 9.97. The number of hydrogen-bond donors (Lipinski definition) is 3. The normalized spacial score (nSPS) is 13.2. The zero-order chi connectivity index (χ0) is 35.0. The number of ether oxygens (including phenoxy) is 1. The number of alkyl halides is 9. The summed E-state index contributed by atoms with van der Waals surface area (Å²) in [6, 6.07) is 6.09. The summed E-state index contributed by atoms with van der Waals surface area (Å²) in [6.07, 6.45) is -8.37. The third-order valence-corrected chi connectivity index (χ3v) is 5.09. The van der Waals surface area contributed by atoms with Crippen molar-refractivity contribution < 1.29 is 74.0 Å². The number of fused-ring (bicyclic) bond motifs is 1. The molecule has 11 nitrogen and oxygen atoms in total. The summed E-state index contributed by atoms with van der Waals surface area (Å²) in [4.78, 5) is 40.1. The second-order valence-electron chi connectivity index (χ2n) is 8.98. The molecular formula is C25H29F9N4O7. The summed E-state index contributed by atoms with van der Waals surface area (Å²) in [5, 5.41) is 21.4. The number of carbonyl (C=O) groups is 3. The molecule has 0 unspecified atom stereocenters. The van der Waals surface area contributed by atoms with E-state index in [0.717, 1.165) is 44.9 Å². The van der Waals surface area contributed by atoms with Crippen LogP contribution in [0.1, 0.15) is 22.4 Å². The highest BCUT2D eigenvalue weighted by Gasteiger charge is 2.39. The first-order valence-electron chi connectivity index (χ1n) is 12.2. The topological polar surface area (TPSA) is 153 Å². The van der Waals surface area contributed by atoms with Gasteiger partial charge in [0.1, 0.15) is 0 Å². The van der Waals surface area contributed by atoms with Crippen LogP contribution in [0.25, 0.3) is 0 Å². The highest BCUT2D eigenvalue weighted by atomic mass is 19.4. The molecule has 45 heavy (non-hydrogen) atoms. The summed E-state index contributed by atoms with van der Waals surface area (Å²) < 4.78 is 101. The monoisotopic (exact) mass is 668 g/mol. The molecule has 0 amide bonds. The fourth-order valence-electron chi connectivity index (χ4n) is 3.04. The number of rotatable bonds is 7. The van der Waals surface area contributed by atoms with E-state index in [1.54, 1.807) is 0 Å². The van der Waals surface area contributed by atoms with Crippen LogP contribution >= 0.6 is 0 Å². The lowest BCUT2D eigenvalue weighted by Crippen LogP contribution is -2.31. The largest absolute Gasteiger partial charge is 0.490 e. The fourth-order valence-corrected chi connectivity index (χ4v) is 3.04. The molecule has 1 aliphatic rings. The van der Waals surface area contributed by atoms with Crippen LogP contribution in [0.4, 0.5) is 39.5 Å². The van der Waals surface area contributed by atoms with E-state index >= 15 is 0 Å². The number of aliphatic carboxylic acids is 3. The molecular weight excluding hydrogens is 639 g/mol. The van der Waals surface area contributed by atoms with E-state index in [9.17, 15) is 39.5 Å². The first-order valence-corrected chi connectivity index (χ1v) is 12.2. The molecule has 20 heteroatoms. The molecule has 0 saturated carbocycles. The molecule has 254 valence electrons. The molecule has 0 aliphatic carbocycles. The van der Waals surface area contributed by atoms with Crippen LogP contribution in [0.5, 0.6) is 0 Å². The summed E-state index contributed by atoms with van der Waals surface area (Å²) >= 11 is 0. The van der Waals surface area contributed by atoms with Crippen LogP contribution in [0, 0.1) is 0 Å². The highest BCUT2D eigenvalue weighted by Crippen LogP contribution is 2.23. The van der Waals surface area contributed by atoms with Gasteiger partial charge in [-0.2, -0.15) is 39.5 Å². The van der Waals surface area contributed by atoms with E-state index in [1.165, 1.54) is 16.7 Å². The highest BCUT2D eigenvalue weighted by molar-refractivity contribution is 5.73. The zero-order valence-electron chi connectivity index (χ0n) is 23.6. The average Bonchev–Trinajstić information content (AvgIpc) is 2.91. The summed E-state index contributed by atoms with van der Waals surface area (Å²) in [6.45, 7) is 5.24. The zero-order valence-corrected chi connectivity index (χ0v) is 23.6. The van der Waals surface area contributed by atoms with Gasteiger partial charge >= 0.3 is 36.4 Å². The minimum atomic E-state index is -5.08. The number of carboxylic acids is 3. The Morgan fingerprint density at radius 1 is 0.889 bits per heavy atom. The van der Waals surface area contributed by atoms with Gasteiger partial charge in [-0.15, -0.1) is 0 Å². The Hall–Kier alpha value is -4.04. The Balaban J connectivity index is 0.000000753. The van der Waals surface area contributed by atoms with Gasteiger partial charge in [0, 0.05) is 44.8 Å². The van der Waals surface area contributed by atoms with Crippen molar-refractivity contribution in [3.8, 4) is 0 Å². The molecule has 0 fully saturated rings. The molecule has 0 bridgehead atoms. The van der Waals surface area contributed by atoms with Crippen molar-refractivity contribution >= 4 is 17.9 Å². The molecule has 0 radical (unpaired) electrons. The lowest BCUT2D eigenvalue weighted by molar-refractivity contribution is -0.193. The first kappa shape index (κ1) is 41.0. The minimum absolute atomic E-state index is 0.657. The van der Waals surface area contributed by atoms with Crippen LogP contribution in [-0.4, -0.2) is 105 Å². The molecule has 0 spiro atoms. The van der Waals surface area contributed by atoms with Gasteiger partial charge in [-0.05, 0) is 49.3 Å². The van der Waals surface area contributed by atoms with Gasteiger partial charge in [-0.3, -0.25) is 14.9 Å². The van der Waals surface area contributed by atoms with Gasteiger partial charge in [-0.1, -0.05) is 6.07 Å². The summed E-state index contributed by atoms with van der Waals surface area (Å²) in [7, 11) is 4.12. The molecule has 0 atom stereocenters. The number of aromatic nitrogens is 2. The van der Waals surface area contributed by atoms with E-state index in [0.29, 0.717) is 6.61 Å². The molecule has 3 heterocycles. The van der Waals surface area contributed by atoms with E-state index in [-0.39, 0.29) is 0 Å². The van der Waals surface area contributed by atoms with Gasteiger partial charge in [0.2, 0.25) is 0 Å². The molecule has 2 aromatic rings. The summed E-state index contributed by atoms with van der Waals surface area (Å²) in [5.74, 6) is -8.27. The second-order valence-corrected chi connectivity index (χ2v) is 8.98. The Kier molecular flexibility index (Phi) is 17.0. The minimum Gasteiger partial charge on any atom is -0.475 e. The van der Waals surface area contributed by atoms with Crippen molar-refractivity contribution in [2.45, 2.75) is 44.6 Å². The SMILES string of the molecule is CN(C)CCOCc1cncc2c1CCN(Cc1ccccn1)C2.O=C(O)C(F)(F)F.O=C(O)C(F)(F)F.O=C(O)C(F)(F)F. The van der Waals surface area contributed by atoms with Gasteiger partial charge in [0.25, 0.3) is 0 Å². The number of halogens is 9. The van der Waals surface area contributed by atoms with Crippen LogP contribution < -0.4 is 0 Å². The smallest absolute Gasteiger partial charge is 0.475 e. The second kappa shape index (κ2) is 18.7. The number of carboxylic acid groups (broad SMARTS) is 3. The van der Waals surface area contributed by atoms with E-state index in [2.05, 4.69) is 39.9 Å². The maximum absolute atomic E-state index is 10.6. The van der Waals surface area contributed by atoms with Crippen LogP contribution in [0.3, 0.4) is 0 Å². The van der Waals surface area contributed by atoms with Crippen molar-refractivity contribution in [3.05, 3.63) is 59.2 Å².